The fraction of sp³-hybridized carbons (Fsp3) is 0.250. The minimum atomic E-state index is 0.111. The molecule has 0 amide bonds. The highest BCUT2D eigenvalue weighted by atomic mass is 35.5. The highest BCUT2D eigenvalue weighted by Crippen LogP contribution is 2.32. The van der Waals surface area contributed by atoms with E-state index >= 15 is 0 Å². The van der Waals surface area contributed by atoms with E-state index in [4.69, 9.17) is 11.6 Å². The van der Waals surface area contributed by atoms with Crippen LogP contribution in [0, 0.1) is 0 Å². The number of hydrogen-bond donors (Lipinski definition) is 0. The van der Waals surface area contributed by atoms with E-state index in [9.17, 15) is 4.79 Å². The molecule has 0 aliphatic carbocycles. The van der Waals surface area contributed by atoms with Crippen LogP contribution in [0.1, 0.15) is 18.7 Å². The lowest BCUT2D eigenvalue weighted by molar-refractivity contribution is 0.501. The van der Waals surface area contributed by atoms with Crippen LogP contribution in [0.4, 0.5) is 0 Å². The molecule has 0 atom stereocenters. The molecule has 4 rings (SSSR count). The molecule has 5 heteroatoms. The summed E-state index contributed by atoms with van der Waals surface area (Å²) in [5.41, 5.74) is 2.01. The zero-order valence-electron chi connectivity index (χ0n) is 11.3. The summed E-state index contributed by atoms with van der Waals surface area (Å²) in [5.74, 6) is 0.930. The molecule has 0 saturated carbocycles. The van der Waals surface area contributed by atoms with Gasteiger partial charge >= 0.3 is 0 Å². The van der Waals surface area contributed by atoms with Gasteiger partial charge in [0.15, 0.2) is 0 Å². The van der Waals surface area contributed by atoms with Crippen LogP contribution in [0.3, 0.4) is 0 Å². The SMILES string of the molecule is O=c1c2sc(-c3ccc(Cl)cc3)cc2nc2n1CCCC2. The first-order valence-electron chi connectivity index (χ1n) is 7.01. The van der Waals surface area contributed by atoms with Gasteiger partial charge in [0.25, 0.3) is 5.56 Å². The fourth-order valence-corrected chi connectivity index (χ4v) is 3.96. The van der Waals surface area contributed by atoms with Gasteiger partial charge in [-0.1, -0.05) is 23.7 Å². The molecule has 0 N–H and O–H groups in total. The molecule has 0 saturated heterocycles. The van der Waals surface area contributed by atoms with E-state index in [1.54, 1.807) is 0 Å². The number of hydrogen-bond acceptors (Lipinski definition) is 3. The predicted octanol–water partition coefficient (Wildman–Crippen LogP) is 4.11. The maximum Gasteiger partial charge on any atom is 0.271 e. The van der Waals surface area contributed by atoms with Gasteiger partial charge in [0.1, 0.15) is 10.5 Å². The maximum absolute atomic E-state index is 12.6. The van der Waals surface area contributed by atoms with Gasteiger partial charge in [-0.3, -0.25) is 9.36 Å². The highest BCUT2D eigenvalue weighted by Gasteiger charge is 2.17. The van der Waals surface area contributed by atoms with Gasteiger partial charge in [-0.25, -0.2) is 4.98 Å². The van der Waals surface area contributed by atoms with Crippen molar-refractivity contribution in [3.63, 3.8) is 0 Å². The summed E-state index contributed by atoms with van der Waals surface area (Å²) in [7, 11) is 0. The number of halogens is 1. The summed E-state index contributed by atoms with van der Waals surface area (Å²) < 4.78 is 2.60. The number of aryl methyl sites for hydroxylation is 1. The molecule has 3 heterocycles. The summed E-state index contributed by atoms with van der Waals surface area (Å²) in [6, 6.07) is 9.70. The van der Waals surface area contributed by atoms with E-state index in [2.05, 4.69) is 4.98 Å². The largest absolute Gasteiger partial charge is 0.295 e. The van der Waals surface area contributed by atoms with Crippen molar-refractivity contribution in [2.45, 2.75) is 25.8 Å². The van der Waals surface area contributed by atoms with Crippen molar-refractivity contribution >= 4 is 33.2 Å². The van der Waals surface area contributed by atoms with Gasteiger partial charge in [-0.15, -0.1) is 11.3 Å². The third-order valence-electron chi connectivity index (χ3n) is 3.87. The molecule has 1 aromatic carbocycles. The van der Waals surface area contributed by atoms with Crippen molar-refractivity contribution in [3.8, 4) is 10.4 Å². The Morgan fingerprint density at radius 2 is 2.00 bits per heavy atom. The van der Waals surface area contributed by atoms with Crippen LogP contribution in [0.2, 0.25) is 5.02 Å². The quantitative estimate of drug-likeness (QED) is 0.677. The molecule has 0 fully saturated rings. The molecule has 3 nitrogen and oxygen atoms in total. The lowest BCUT2D eigenvalue weighted by atomic mass is 10.1. The van der Waals surface area contributed by atoms with E-state index in [0.717, 1.165) is 52.3 Å². The molecular weight excluding hydrogens is 304 g/mol. The van der Waals surface area contributed by atoms with Crippen LogP contribution in [0.15, 0.2) is 35.1 Å². The summed E-state index contributed by atoms with van der Waals surface area (Å²) in [6.07, 6.45) is 3.08. The number of thiophene rings is 1. The van der Waals surface area contributed by atoms with Gasteiger partial charge in [-0.05, 0) is 36.6 Å². The zero-order valence-corrected chi connectivity index (χ0v) is 12.9. The molecule has 0 radical (unpaired) electrons. The Balaban J connectivity index is 1.92. The second-order valence-electron chi connectivity index (χ2n) is 5.27. The van der Waals surface area contributed by atoms with E-state index in [0.29, 0.717) is 5.02 Å². The van der Waals surface area contributed by atoms with E-state index < -0.39 is 0 Å². The smallest absolute Gasteiger partial charge is 0.271 e. The number of rotatable bonds is 1. The Kier molecular flexibility index (Phi) is 3.08. The van der Waals surface area contributed by atoms with Crippen LogP contribution < -0.4 is 5.56 Å². The van der Waals surface area contributed by atoms with E-state index in [1.807, 2.05) is 34.9 Å². The summed E-state index contributed by atoms with van der Waals surface area (Å²) >= 11 is 7.44. The second-order valence-corrected chi connectivity index (χ2v) is 6.76. The lowest BCUT2D eigenvalue weighted by Gasteiger charge is -2.16. The summed E-state index contributed by atoms with van der Waals surface area (Å²) in [6.45, 7) is 0.797. The highest BCUT2D eigenvalue weighted by molar-refractivity contribution is 7.22. The first kappa shape index (κ1) is 13.0. The number of nitrogens with zero attached hydrogens (tertiary/aromatic N) is 2. The molecule has 0 spiro atoms. The molecule has 1 aliphatic rings. The zero-order chi connectivity index (χ0) is 14.4. The van der Waals surface area contributed by atoms with Gasteiger partial charge < -0.3 is 0 Å². The second kappa shape index (κ2) is 4.97. The molecular formula is C16H13ClN2OS. The minimum Gasteiger partial charge on any atom is -0.295 e. The molecule has 0 bridgehead atoms. The van der Waals surface area contributed by atoms with Crippen molar-refractivity contribution in [1.82, 2.24) is 9.55 Å². The van der Waals surface area contributed by atoms with Gasteiger partial charge in [0.2, 0.25) is 0 Å². The molecule has 2 aromatic heterocycles. The van der Waals surface area contributed by atoms with Crippen molar-refractivity contribution < 1.29 is 0 Å². The molecule has 3 aromatic rings. The third kappa shape index (κ3) is 2.19. The first-order valence-corrected chi connectivity index (χ1v) is 8.21. The Morgan fingerprint density at radius 3 is 2.81 bits per heavy atom. The lowest BCUT2D eigenvalue weighted by Crippen LogP contribution is -2.27. The van der Waals surface area contributed by atoms with Gasteiger partial charge in [0.05, 0.1) is 5.52 Å². The van der Waals surface area contributed by atoms with Crippen LogP contribution in [0.25, 0.3) is 20.7 Å². The van der Waals surface area contributed by atoms with Crippen molar-refractivity contribution in [3.05, 3.63) is 51.5 Å². The van der Waals surface area contributed by atoms with Gasteiger partial charge in [-0.2, -0.15) is 0 Å². The molecule has 0 unspecified atom stereocenters. The van der Waals surface area contributed by atoms with Crippen molar-refractivity contribution in [2.75, 3.05) is 0 Å². The summed E-state index contributed by atoms with van der Waals surface area (Å²) in [5, 5.41) is 0.716. The van der Waals surface area contributed by atoms with Crippen molar-refractivity contribution in [2.24, 2.45) is 0 Å². The Bertz CT molecular complexity index is 880. The summed E-state index contributed by atoms with van der Waals surface area (Å²) in [4.78, 5) is 18.3. The fourth-order valence-electron chi connectivity index (χ4n) is 2.79. The van der Waals surface area contributed by atoms with E-state index in [1.165, 1.54) is 11.3 Å². The normalized spacial score (nSPS) is 14.3. The number of benzene rings is 1. The maximum atomic E-state index is 12.6. The van der Waals surface area contributed by atoms with E-state index in [-0.39, 0.29) is 5.56 Å². The van der Waals surface area contributed by atoms with Crippen LogP contribution in [-0.2, 0) is 13.0 Å². The Hall–Kier alpha value is -1.65. The third-order valence-corrected chi connectivity index (χ3v) is 5.29. The average Bonchev–Trinajstić information content (AvgIpc) is 2.92. The Morgan fingerprint density at radius 1 is 1.19 bits per heavy atom. The molecule has 1 aliphatic heterocycles. The molecule has 21 heavy (non-hydrogen) atoms. The molecule has 106 valence electrons. The topological polar surface area (TPSA) is 34.9 Å². The van der Waals surface area contributed by atoms with Gasteiger partial charge in [0, 0.05) is 22.9 Å². The average molecular weight is 317 g/mol. The first-order chi connectivity index (χ1) is 10.2. The number of aromatic nitrogens is 2. The minimum absolute atomic E-state index is 0.111. The predicted molar refractivity (Wildman–Crippen MR) is 87.3 cm³/mol. The van der Waals surface area contributed by atoms with Crippen LogP contribution in [0.5, 0.6) is 0 Å². The monoisotopic (exact) mass is 316 g/mol. The van der Waals surface area contributed by atoms with Crippen LogP contribution >= 0.6 is 22.9 Å². The standard InChI is InChI=1S/C16H13ClN2OS/c17-11-6-4-10(5-7-11)13-9-12-15(21-13)16(20)19-8-2-1-3-14(19)18-12/h4-7,9H,1-3,8H2. The number of fused-ring (bicyclic) bond motifs is 2. The van der Waals surface area contributed by atoms with Crippen molar-refractivity contribution in [1.29, 1.82) is 0 Å². The van der Waals surface area contributed by atoms with Crippen LogP contribution in [-0.4, -0.2) is 9.55 Å². The Labute approximate surface area is 130 Å².